The van der Waals surface area contributed by atoms with E-state index in [0.29, 0.717) is 28.4 Å². The molecule has 2 aromatic carbocycles. The average molecular weight is 384 g/mol. The van der Waals surface area contributed by atoms with Crippen LogP contribution in [0.5, 0.6) is 11.5 Å². The molecule has 0 aliphatic carbocycles. The molecule has 0 atom stereocenters. The Labute approximate surface area is 164 Å². The number of amides is 2. The van der Waals surface area contributed by atoms with Gasteiger partial charge in [0.1, 0.15) is 5.41 Å². The fraction of sp³-hybridized carbons (Fsp3) is 0.286. The summed E-state index contributed by atoms with van der Waals surface area (Å²) < 4.78 is 10.4. The molecule has 0 radical (unpaired) electrons. The zero-order valence-corrected chi connectivity index (χ0v) is 16.6. The van der Waals surface area contributed by atoms with E-state index in [-0.39, 0.29) is 5.78 Å². The van der Waals surface area contributed by atoms with E-state index in [9.17, 15) is 14.4 Å². The maximum absolute atomic E-state index is 12.7. The Balaban J connectivity index is 2.10. The van der Waals surface area contributed by atoms with Crippen molar-refractivity contribution in [2.75, 3.05) is 24.9 Å². The number of nitrogens with one attached hydrogen (secondary N) is 2. The first-order chi connectivity index (χ1) is 13.2. The second kappa shape index (κ2) is 8.56. The lowest BCUT2D eigenvalue weighted by Crippen LogP contribution is -2.41. The molecule has 7 heteroatoms. The molecule has 2 amide bonds. The fourth-order valence-electron chi connectivity index (χ4n) is 2.38. The highest BCUT2D eigenvalue weighted by atomic mass is 16.5. The number of hydrogen-bond donors (Lipinski definition) is 2. The molecule has 0 bridgehead atoms. The number of Topliss-reactive ketones (excluding diaryl/α,β-unsaturated/α-hetero) is 1. The highest BCUT2D eigenvalue weighted by Gasteiger charge is 2.36. The minimum atomic E-state index is -1.34. The number of ether oxygens (including phenoxy) is 2. The molecule has 28 heavy (non-hydrogen) atoms. The van der Waals surface area contributed by atoms with Crippen molar-refractivity contribution in [2.24, 2.45) is 5.41 Å². The predicted octanol–water partition coefficient (Wildman–Crippen LogP) is 3.51. The first kappa shape index (κ1) is 21.0. The molecule has 2 rings (SSSR count). The van der Waals surface area contributed by atoms with Crippen LogP contribution in [-0.2, 0) is 9.59 Å². The van der Waals surface area contributed by atoms with Gasteiger partial charge >= 0.3 is 0 Å². The van der Waals surface area contributed by atoms with Crippen LogP contribution in [0.4, 0.5) is 11.4 Å². The molecular formula is C21H24N2O5. The lowest BCUT2D eigenvalue weighted by Gasteiger charge is -2.23. The van der Waals surface area contributed by atoms with E-state index in [1.807, 2.05) is 0 Å². The van der Waals surface area contributed by atoms with Gasteiger partial charge in [0.15, 0.2) is 17.3 Å². The van der Waals surface area contributed by atoms with Crippen LogP contribution in [0.3, 0.4) is 0 Å². The van der Waals surface area contributed by atoms with Crippen LogP contribution >= 0.6 is 0 Å². The van der Waals surface area contributed by atoms with E-state index in [4.69, 9.17) is 9.47 Å². The molecule has 2 N–H and O–H groups in total. The summed E-state index contributed by atoms with van der Waals surface area (Å²) in [6.07, 6.45) is 0. The maximum Gasteiger partial charge on any atom is 0.239 e. The molecule has 0 saturated heterocycles. The van der Waals surface area contributed by atoms with E-state index >= 15 is 0 Å². The Morgan fingerprint density at radius 2 is 1.29 bits per heavy atom. The van der Waals surface area contributed by atoms with Crippen LogP contribution in [0.1, 0.15) is 31.1 Å². The molecule has 0 spiro atoms. The van der Waals surface area contributed by atoms with Crippen molar-refractivity contribution >= 4 is 29.0 Å². The molecule has 0 saturated carbocycles. The summed E-state index contributed by atoms with van der Waals surface area (Å²) in [6, 6.07) is 11.4. The third-order valence-electron chi connectivity index (χ3n) is 4.33. The van der Waals surface area contributed by atoms with Crippen molar-refractivity contribution in [3.05, 3.63) is 48.0 Å². The van der Waals surface area contributed by atoms with Gasteiger partial charge in [-0.3, -0.25) is 14.4 Å². The summed E-state index contributed by atoms with van der Waals surface area (Å²) in [4.78, 5) is 36.6. The van der Waals surface area contributed by atoms with Crippen molar-refractivity contribution in [3.63, 3.8) is 0 Å². The highest BCUT2D eigenvalue weighted by molar-refractivity contribution is 6.14. The lowest BCUT2D eigenvalue weighted by molar-refractivity contribution is -0.135. The van der Waals surface area contributed by atoms with Gasteiger partial charge in [0.2, 0.25) is 11.8 Å². The normalized spacial score (nSPS) is 10.8. The number of benzene rings is 2. The number of rotatable bonds is 7. The summed E-state index contributed by atoms with van der Waals surface area (Å²) in [5.41, 5.74) is 0.187. The van der Waals surface area contributed by atoms with E-state index in [0.717, 1.165) is 0 Å². The number of anilines is 2. The number of methoxy groups -OCH3 is 2. The number of carbonyl (C=O) groups is 3. The Bertz CT molecular complexity index is 888. The largest absolute Gasteiger partial charge is 0.493 e. The molecule has 0 aromatic heterocycles. The van der Waals surface area contributed by atoms with Gasteiger partial charge in [0.05, 0.1) is 14.2 Å². The SMILES string of the molecule is COc1ccc(NC(=O)C(C)(C)C(=O)Nc2ccc(C(C)=O)cc2)cc1OC. The smallest absolute Gasteiger partial charge is 0.239 e. The Morgan fingerprint density at radius 3 is 1.79 bits per heavy atom. The molecule has 7 nitrogen and oxygen atoms in total. The van der Waals surface area contributed by atoms with E-state index < -0.39 is 17.2 Å². The van der Waals surface area contributed by atoms with Crippen LogP contribution in [-0.4, -0.2) is 31.8 Å². The topological polar surface area (TPSA) is 93.7 Å². The average Bonchev–Trinajstić information content (AvgIpc) is 2.68. The van der Waals surface area contributed by atoms with Crippen LogP contribution in [0.15, 0.2) is 42.5 Å². The summed E-state index contributed by atoms with van der Waals surface area (Å²) in [5, 5.41) is 5.42. The number of hydrogen-bond acceptors (Lipinski definition) is 5. The third-order valence-corrected chi connectivity index (χ3v) is 4.33. The third kappa shape index (κ3) is 4.68. The Morgan fingerprint density at radius 1 is 0.786 bits per heavy atom. The standard InChI is InChI=1S/C21H24N2O5/c1-13(24)14-6-8-15(9-7-14)22-19(25)21(2,3)20(26)23-16-10-11-17(27-4)18(12-16)28-5/h6-12H,1-5H3,(H,22,25)(H,23,26). The zero-order chi connectivity index (χ0) is 20.9. The Kier molecular flexibility index (Phi) is 6.41. The van der Waals surface area contributed by atoms with Gasteiger partial charge in [-0.15, -0.1) is 0 Å². The molecule has 0 heterocycles. The molecular weight excluding hydrogens is 360 g/mol. The van der Waals surface area contributed by atoms with E-state index in [2.05, 4.69) is 10.6 Å². The maximum atomic E-state index is 12.7. The van der Waals surface area contributed by atoms with Gasteiger partial charge in [-0.05, 0) is 57.2 Å². The van der Waals surface area contributed by atoms with E-state index in [1.165, 1.54) is 35.0 Å². The second-order valence-corrected chi connectivity index (χ2v) is 6.74. The van der Waals surface area contributed by atoms with Gasteiger partial charge in [-0.1, -0.05) is 0 Å². The zero-order valence-electron chi connectivity index (χ0n) is 16.6. The molecule has 0 aliphatic heterocycles. The van der Waals surface area contributed by atoms with Crippen LogP contribution < -0.4 is 20.1 Å². The van der Waals surface area contributed by atoms with Crippen molar-refractivity contribution in [1.29, 1.82) is 0 Å². The molecule has 0 aliphatic rings. The lowest BCUT2D eigenvalue weighted by atomic mass is 9.90. The predicted molar refractivity (Wildman–Crippen MR) is 107 cm³/mol. The number of ketones is 1. The first-order valence-electron chi connectivity index (χ1n) is 8.65. The summed E-state index contributed by atoms with van der Waals surface area (Å²) >= 11 is 0. The molecule has 0 unspecified atom stereocenters. The van der Waals surface area contributed by atoms with Gasteiger partial charge in [-0.2, -0.15) is 0 Å². The fourth-order valence-corrected chi connectivity index (χ4v) is 2.38. The van der Waals surface area contributed by atoms with Crippen molar-refractivity contribution in [1.82, 2.24) is 0 Å². The number of carbonyl (C=O) groups excluding carboxylic acids is 3. The van der Waals surface area contributed by atoms with Crippen molar-refractivity contribution < 1.29 is 23.9 Å². The van der Waals surface area contributed by atoms with Crippen molar-refractivity contribution in [2.45, 2.75) is 20.8 Å². The van der Waals surface area contributed by atoms with E-state index in [1.54, 1.807) is 42.5 Å². The minimum Gasteiger partial charge on any atom is -0.493 e. The minimum absolute atomic E-state index is 0.0625. The highest BCUT2D eigenvalue weighted by Crippen LogP contribution is 2.30. The quantitative estimate of drug-likeness (QED) is 0.563. The summed E-state index contributed by atoms with van der Waals surface area (Å²) in [7, 11) is 3.02. The van der Waals surface area contributed by atoms with Gasteiger partial charge in [0.25, 0.3) is 0 Å². The molecule has 148 valence electrons. The first-order valence-corrected chi connectivity index (χ1v) is 8.65. The Hall–Kier alpha value is -3.35. The molecule has 0 fully saturated rings. The summed E-state index contributed by atoms with van der Waals surface area (Å²) in [5.74, 6) is -0.00856. The van der Waals surface area contributed by atoms with Crippen LogP contribution in [0.2, 0.25) is 0 Å². The molecule has 2 aromatic rings. The van der Waals surface area contributed by atoms with Gasteiger partial charge in [-0.25, -0.2) is 0 Å². The van der Waals surface area contributed by atoms with Gasteiger partial charge < -0.3 is 20.1 Å². The monoisotopic (exact) mass is 384 g/mol. The van der Waals surface area contributed by atoms with Gasteiger partial charge in [0, 0.05) is 23.0 Å². The van der Waals surface area contributed by atoms with Crippen LogP contribution in [0, 0.1) is 5.41 Å². The van der Waals surface area contributed by atoms with Crippen LogP contribution in [0.25, 0.3) is 0 Å². The van der Waals surface area contributed by atoms with Crippen molar-refractivity contribution in [3.8, 4) is 11.5 Å². The summed E-state index contributed by atoms with van der Waals surface area (Å²) in [6.45, 7) is 4.53. The second-order valence-electron chi connectivity index (χ2n) is 6.74.